The zero-order chi connectivity index (χ0) is 9.83. The van der Waals surface area contributed by atoms with Crippen LogP contribution in [0, 0.1) is 0 Å². The summed E-state index contributed by atoms with van der Waals surface area (Å²) in [5.74, 6) is 0. The van der Waals surface area contributed by atoms with Crippen LogP contribution in [-0.4, -0.2) is 40.3 Å². The molecule has 0 radical (unpaired) electrons. The topological polar surface area (TPSA) is 38.7 Å². The van der Waals surface area contributed by atoms with Crippen molar-refractivity contribution in [1.82, 2.24) is 0 Å². The van der Waals surface area contributed by atoms with Crippen molar-refractivity contribution in [3.05, 3.63) is 0 Å². The van der Waals surface area contributed by atoms with Crippen molar-refractivity contribution in [2.45, 2.75) is 12.2 Å². The van der Waals surface area contributed by atoms with Crippen LogP contribution < -0.4 is 0 Å². The summed E-state index contributed by atoms with van der Waals surface area (Å²) in [5, 5.41) is 8.65. The van der Waals surface area contributed by atoms with Gasteiger partial charge in [0.2, 0.25) is 0 Å². The van der Waals surface area contributed by atoms with E-state index in [1.807, 2.05) is 0 Å². The lowest BCUT2D eigenvalue weighted by Crippen LogP contribution is -2.48. The number of rotatable bonds is 4. The Morgan fingerprint density at radius 1 is 1.25 bits per heavy atom. The zero-order valence-electron chi connectivity index (χ0n) is 6.81. The van der Waals surface area contributed by atoms with Crippen LogP contribution in [0.1, 0.15) is 0 Å². The smallest absolute Gasteiger partial charge is 0.391 e. The van der Waals surface area contributed by atoms with Gasteiger partial charge in [0.1, 0.15) is 0 Å². The molecule has 0 rings (SSSR count). The van der Waals surface area contributed by atoms with Crippen molar-refractivity contribution >= 4 is 8.56 Å². The van der Waals surface area contributed by atoms with Gasteiger partial charge in [0.05, 0.1) is 12.3 Å². The molecule has 3 nitrogen and oxygen atoms in total. The summed E-state index contributed by atoms with van der Waals surface area (Å²) in [6.07, 6.45) is -5.06. The molecule has 0 saturated heterocycles. The van der Waals surface area contributed by atoms with Crippen LogP contribution >= 0.6 is 0 Å². The molecule has 0 fully saturated rings. The predicted octanol–water partition coefficient (Wildman–Crippen LogP) is 0.815. The fourth-order valence-electron chi connectivity index (χ4n) is 0.718. The van der Waals surface area contributed by atoms with Gasteiger partial charge in [-0.05, 0) is 0 Å². The van der Waals surface area contributed by atoms with Crippen molar-refractivity contribution in [1.29, 1.82) is 0 Å². The van der Waals surface area contributed by atoms with Crippen LogP contribution in [0.3, 0.4) is 0 Å². The largest absolute Gasteiger partial charge is 0.396 e. The molecule has 0 heterocycles. The molecule has 74 valence electrons. The SMILES string of the molecule is CO[Si](CO)(CC(F)(F)F)OC. The first-order chi connectivity index (χ1) is 5.39. The molecule has 0 aromatic rings. The Morgan fingerprint density at radius 2 is 1.67 bits per heavy atom. The number of alkyl halides is 3. The third kappa shape index (κ3) is 3.52. The molecule has 1 N–H and O–H groups in total. The first kappa shape index (κ1) is 11.9. The third-order valence-electron chi connectivity index (χ3n) is 1.45. The van der Waals surface area contributed by atoms with E-state index in [1.165, 1.54) is 0 Å². The first-order valence-corrected chi connectivity index (χ1v) is 5.40. The zero-order valence-corrected chi connectivity index (χ0v) is 7.81. The lowest BCUT2D eigenvalue weighted by Gasteiger charge is -2.25. The van der Waals surface area contributed by atoms with E-state index in [9.17, 15) is 13.2 Å². The lowest BCUT2D eigenvalue weighted by molar-refractivity contribution is -0.117. The number of aliphatic hydroxyl groups is 1. The summed E-state index contributed by atoms with van der Waals surface area (Å²) < 4.78 is 44.7. The second kappa shape index (κ2) is 4.22. The first-order valence-electron chi connectivity index (χ1n) is 3.17. The molecule has 0 bridgehead atoms. The van der Waals surface area contributed by atoms with Crippen molar-refractivity contribution in [2.24, 2.45) is 0 Å². The number of hydrogen-bond donors (Lipinski definition) is 1. The minimum atomic E-state index is -4.36. The number of hydrogen-bond acceptors (Lipinski definition) is 3. The van der Waals surface area contributed by atoms with Crippen LogP contribution in [-0.2, 0) is 8.85 Å². The van der Waals surface area contributed by atoms with Crippen LogP contribution in [0.15, 0.2) is 0 Å². The number of halogens is 3. The van der Waals surface area contributed by atoms with E-state index in [-0.39, 0.29) is 0 Å². The van der Waals surface area contributed by atoms with Crippen LogP contribution in [0.5, 0.6) is 0 Å². The Hall–Kier alpha value is -0.113. The van der Waals surface area contributed by atoms with Gasteiger partial charge >= 0.3 is 14.7 Å². The van der Waals surface area contributed by atoms with E-state index in [1.54, 1.807) is 0 Å². The summed E-state index contributed by atoms with van der Waals surface area (Å²) in [5.41, 5.74) is 0. The third-order valence-corrected chi connectivity index (χ3v) is 4.36. The quantitative estimate of drug-likeness (QED) is 0.689. The normalized spacial score (nSPS) is 13.5. The van der Waals surface area contributed by atoms with Gasteiger partial charge in [-0.15, -0.1) is 0 Å². The van der Waals surface area contributed by atoms with E-state index in [4.69, 9.17) is 5.11 Å². The van der Waals surface area contributed by atoms with Gasteiger partial charge in [-0.1, -0.05) is 0 Å². The summed E-state index contributed by atoms with van der Waals surface area (Å²) in [4.78, 5) is 0. The summed E-state index contributed by atoms with van der Waals surface area (Å²) >= 11 is 0. The summed E-state index contributed by atoms with van der Waals surface area (Å²) in [6, 6.07) is -1.19. The molecular weight excluding hydrogens is 193 g/mol. The minimum absolute atomic E-state index is 0.695. The van der Waals surface area contributed by atoms with Crippen molar-refractivity contribution < 1.29 is 27.1 Å². The Bertz CT molecular complexity index is 126. The molecule has 0 aliphatic carbocycles. The van der Waals surface area contributed by atoms with E-state index in [0.717, 1.165) is 14.2 Å². The highest BCUT2D eigenvalue weighted by Gasteiger charge is 2.46. The second-order valence-corrected chi connectivity index (χ2v) is 5.58. The molecule has 0 unspecified atom stereocenters. The average molecular weight is 204 g/mol. The Balaban J connectivity index is 4.30. The maximum absolute atomic E-state index is 11.9. The molecule has 0 amide bonds. The Kier molecular flexibility index (Phi) is 4.18. The van der Waals surface area contributed by atoms with Crippen molar-refractivity contribution in [3.8, 4) is 0 Å². The van der Waals surface area contributed by atoms with E-state index < -0.39 is 27.0 Å². The monoisotopic (exact) mass is 204 g/mol. The predicted molar refractivity (Wildman–Crippen MR) is 37.7 cm³/mol. The molecule has 0 aliphatic heterocycles. The van der Waals surface area contributed by atoms with E-state index >= 15 is 0 Å². The maximum Gasteiger partial charge on any atom is 0.391 e. The Labute approximate surface area is 69.3 Å². The maximum atomic E-state index is 11.9. The molecule has 0 saturated carbocycles. The molecule has 12 heavy (non-hydrogen) atoms. The molecule has 7 heteroatoms. The lowest BCUT2D eigenvalue weighted by atomic mass is 10.8. The fraction of sp³-hybridized carbons (Fsp3) is 1.00. The van der Waals surface area contributed by atoms with Crippen LogP contribution in [0.4, 0.5) is 13.2 Å². The molecule has 0 aliphatic rings. The second-order valence-electron chi connectivity index (χ2n) is 2.27. The van der Waals surface area contributed by atoms with E-state index in [0.29, 0.717) is 0 Å². The molecule has 0 aromatic carbocycles. The van der Waals surface area contributed by atoms with Crippen molar-refractivity contribution in [2.75, 3.05) is 20.4 Å². The Morgan fingerprint density at radius 3 is 1.75 bits per heavy atom. The molecule has 0 aromatic heterocycles. The van der Waals surface area contributed by atoms with Crippen molar-refractivity contribution in [3.63, 3.8) is 0 Å². The minimum Gasteiger partial charge on any atom is -0.396 e. The van der Waals surface area contributed by atoms with Crippen LogP contribution in [0.25, 0.3) is 0 Å². The molecule has 0 atom stereocenters. The van der Waals surface area contributed by atoms with Gasteiger partial charge in [-0.2, -0.15) is 13.2 Å². The standard InChI is InChI=1S/C5H11F3O3Si/c1-10-12(4-9,11-2)3-5(6,7)8/h9H,3-4H2,1-2H3. The van der Waals surface area contributed by atoms with E-state index in [2.05, 4.69) is 8.85 Å². The van der Waals surface area contributed by atoms with Gasteiger partial charge in [0, 0.05) is 14.2 Å². The average Bonchev–Trinajstić information content (AvgIpc) is 1.99. The fourth-order valence-corrected chi connectivity index (χ4v) is 2.15. The summed E-state index contributed by atoms with van der Waals surface area (Å²) in [6.45, 7) is 0. The highest BCUT2D eigenvalue weighted by molar-refractivity contribution is 6.67. The van der Waals surface area contributed by atoms with Gasteiger partial charge in [0.15, 0.2) is 0 Å². The van der Waals surface area contributed by atoms with Gasteiger partial charge in [0.25, 0.3) is 0 Å². The van der Waals surface area contributed by atoms with Gasteiger partial charge in [-0.3, -0.25) is 0 Å². The van der Waals surface area contributed by atoms with Crippen LogP contribution in [0.2, 0.25) is 6.04 Å². The van der Waals surface area contributed by atoms with Gasteiger partial charge in [-0.25, -0.2) is 0 Å². The molecule has 0 spiro atoms. The molecular formula is C5H11F3O3Si. The highest BCUT2D eigenvalue weighted by Crippen LogP contribution is 2.28. The highest BCUT2D eigenvalue weighted by atomic mass is 28.4. The van der Waals surface area contributed by atoms with Gasteiger partial charge < -0.3 is 14.0 Å². The number of aliphatic hydroxyl groups excluding tert-OH is 1. The summed E-state index contributed by atoms with van der Waals surface area (Å²) in [7, 11) is -1.20.